The molecular formula is C23H24N4O5S. The maximum atomic E-state index is 12.8. The number of sulfonamides is 1. The maximum Gasteiger partial charge on any atom is 0.295 e. The fourth-order valence-electron chi connectivity index (χ4n) is 3.10. The van der Waals surface area contributed by atoms with Crippen LogP contribution in [0.15, 0.2) is 70.7 Å². The summed E-state index contributed by atoms with van der Waals surface area (Å²) < 4.78 is 33.3. The molecule has 10 heteroatoms. The van der Waals surface area contributed by atoms with E-state index in [0.29, 0.717) is 17.1 Å². The molecule has 172 valence electrons. The minimum atomic E-state index is -4.03. The molecule has 0 heterocycles. The molecule has 0 atom stereocenters. The number of hydrazone groups is 1. The zero-order valence-corrected chi connectivity index (χ0v) is 19.4. The van der Waals surface area contributed by atoms with E-state index in [1.54, 1.807) is 45.2 Å². The number of anilines is 2. The molecule has 0 aliphatic rings. The third kappa shape index (κ3) is 5.66. The Hall–Kier alpha value is -3.92. The quantitative estimate of drug-likeness (QED) is 0.277. The van der Waals surface area contributed by atoms with Gasteiger partial charge in [0, 0.05) is 6.07 Å². The standard InChI is InChI=1S/C23H24N4O5S/c1-15-5-11-21(16(2)13-15)26-33(30,31)20-10-12-22(23(14-20)27(28)29)25-24-17(3)18-6-8-19(32-4)9-7-18/h5-14,25-26H,1-4H3. The van der Waals surface area contributed by atoms with Gasteiger partial charge in [0.05, 0.1) is 28.3 Å². The van der Waals surface area contributed by atoms with Gasteiger partial charge in [-0.3, -0.25) is 20.3 Å². The van der Waals surface area contributed by atoms with Gasteiger partial charge in [0.2, 0.25) is 0 Å². The number of nitro benzene ring substituents is 1. The Labute approximate surface area is 192 Å². The van der Waals surface area contributed by atoms with E-state index in [1.807, 2.05) is 25.1 Å². The molecule has 0 radical (unpaired) electrons. The van der Waals surface area contributed by atoms with E-state index < -0.39 is 20.6 Å². The summed E-state index contributed by atoms with van der Waals surface area (Å²) in [6.07, 6.45) is 0. The van der Waals surface area contributed by atoms with Crippen molar-refractivity contribution in [2.24, 2.45) is 5.10 Å². The number of rotatable bonds is 8. The van der Waals surface area contributed by atoms with Crippen LogP contribution in [0, 0.1) is 24.0 Å². The Morgan fingerprint density at radius 3 is 2.27 bits per heavy atom. The predicted molar refractivity (Wildman–Crippen MR) is 129 cm³/mol. The third-order valence-corrected chi connectivity index (χ3v) is 6.32. The van der Waals surface area contributed by atoms with Gasteiger partial charge in [0.1, 0.15) is 11.4 Å². The van der Waals surface area contributed by atoms with Crippen molar-refractivity contribution in [2.75, 3.05) is 17.3 Å². The van der Waals surface area contributed by atoms with E-state index in [9.17, 15) is 18.5 Å². The molecule has 0 fully saturated rings. The zero-order chi connectivity index (χ0) is 24.2. The van der Waals surface area contributed by atoms with Crippen molar-refractivity contribution >= 4 is 32.8 Å². The van der Waals surface area contributed by atoms with Crippen LogP contribution in [-0.2, 0) is 10.0 Å². The lowest BCUT2D eigenvalue weighted by atomic mass is 10.1. The van der Waals surface area contributed by atoms with E-state index >= 15 is 0 Å². The smallest absolute Gasteiger partial charge is 0.295 e. The first-order chi connectivity index (χ1) is 15.6. The average Bonchev–Trinajstić information content (AvgIpc) is 2.79. The molecule has 33 heavy (non-hydrogen) atoms. The van der Waals surface area contributed by atoms with Crippen molar-refractivity contribution in [1.82, 2.24) is 0 Å². The summed E-state index contributed by atoms with van der Waals surface area (Å²) in [5.74, 6) is 0.696. The number of aryl methyl sites for hydroxylation is 2. The fourth-order valence-corrected chi connectivity index (χ4v) is 4.25. The van der Waals surface area contributed by atoms with E-state index in [2.05, 4.69) is 15.2 Å². The van der Waals surface area contributed by atoms with Gasteiger partial charge in [0.25, 0.3) is 15.7 Å². The normalized spacial score (nSPS) is 11.7. The molecule has 2 N–H and O–H groups in total. The summed E-state index contributed by atoms with van der Waals surface area (Å²) >= 11 is 0. The Morgan fingerprint density at radius 2 is 1.67 bits per heavy atom. The lowest BCUT2D eigenvalue weighted by Gasteiger charge is -2.12. The molecule has 9 nitrogen and oxygen atoms in total. The summed E-state index contributed by atoms with van der Waals surface area (Å²) in [4.78, 5) is 10.7. The fraction of sp³-hybridized carbons (Fsp3) is 0.174. The van der Waals surface area contributed by atoms with Crippen LogP contribution in [0.4, 0.5) is 17.1 Å². The van der Waals surface area contributed by atoms with E-state index in [0.717, 1.165) is 22.8 Å². The molecule has 3 aromatic rings. The maximum absolute atomic E-state index is 12.8. The molecule has 0 aliphatic heterocycles. The van der Waals surface area contributed by atoms with Crippen LogP contribution in [-0.4, -0.2) is 26.2 Å². The molecule has 3 aromatic carbocycles. The van der Waals surface area contributed by atoms with Crippen LogP contribution < -0.4 is 14.9 Å². The Morgan fingerprint density at radius 1 is 1.00 bits per heavy atom. The molecule has 0 spiro atoms. The molecular weight excluding hydrogens is 444 g/mol. The molecule has 0 aliphatic carbocycles. The van der Waals surface area contributed by atoms with Crippen molar-refractivity contribution in [2.45, 2.75) is 25.7 Å². The highest BCUT2D eigenvalue weighted by atomic mass is 32.2. The number of nitrogens with zero attached hydrogens (tertiary/aromatic N) is 2. The van der Waals surface area contributed by atoms with E-state index in [4.69, 9.17) is 4.74 Å². The molecule has 0 amide bonds. The van der Waals surface area contributed by atoms with Gasteiger partial charge in [0.15, 0.2) is 0 Å². The van der Waals surface area contributed by atoms with Crippen LogP contribution >= 0.6 is 0 Å². The van der Waals surface area contributed by atoms with Gasteiger partial charge in [-0.15, -0.1) is 0 Å². The third-order valence-electron chi connectivity index (χ3n) is 4.95. The summed E-state index contributed by atoms with van der Waals surface area (Å²) in [6.45, 7) is 5.43. The Kier molecular flexibility index (Phi) is 6.98. The first-order valence-electron chi connectivity index (χ1n) is 9.94. The largest absolute Gasteiger partial charge is 0.497 e. The minimum Gasteiger partial charge on any atom is -0.497 e. The van der Waals surface area contributed by atoms with Crippen molar-refractivity contribution in [1.29, 1.82) is 0 Å². The van der Waals surface area contributed by atoms with Gasteiger partial charge < -0.3 is 4.74 Å². The number of ether oxygens (including phenoxy) is 1. The van der Waals surface area contributed by atoms with Crippen LogP contribution in [0.25, 0.3) is 0 Å². The molecule has 0 aromatic heterocycles. The van der Waals surface area contributed by atoms with Gasteiger partial charge in [-0.25, -0.2) is 8.42 Å². The zero-order valence-electron chi connectivity index (χ0n) is 18.6. The van der Waals surface area contributed by atoms with Crippen LogP contribution in [0.1, 0.15) is 23.6 Å². The second-order valence-corrected chi connectivity index (χ2v) is 9.08. The summed E-state index contributed by atoms with van der Waals surface area (Å²) in [6, 6.07) is 16.1. The second-order valence-electron chi connectivity index (χ2n) is 7.40. The second kappa shape index (κ2) is 9.70. The number of benzene rings is 3. The monoisotopic (exact) mass is 468 g/mol. The summed E-state index contributed by atoms with van der Waals surface area (Å²) in [5, 5.41) is 15.8. The van der Waals surface area contributed by atoms with Gasteiger partial charge in [-0.05, 0) is 74.4 Å². The topological polar surface area (TPSA) is 123 Å². The van der Waals surface area contributed by atoms with Crippen LogP contribution in [0.2, 0.25) is 0 Å². The summed E-state index contributed by atoms with van der Waals surface area (Å²) in [7, 11) is -2.46. The van der Waals surface area contributed by atoms with E-state index in [1.165, 1.54) is 12.1 Å². The highest BCUT2D eigenvalue weighted by molar-refractivity contribution is 7.92. The number of nitro groups is 1. The van der Waals surface area contributed by atoms with Crippen LogP contribution in [0.5, 0.6) is 5.75 Å². The van der Waals surface area contributed by atoms with Crippen molar-refractivity contribution in [3.8, 4) is 5.75 Å². The lowest BCUT2D eigenvalue weighted by molar-refractivity contribution is -0.384. The van der Waals surface area contributed by atoms with Gasteiger partial charge in [-0.1, -0.05) is 17.7 Å². The van der Waals surface area contributed by atoms with Gasteiger partial charge in [-0.2, -0.15) is 5.10 Å². The minimum absolute atomic E-state index is 0.0679. The highest BCUT2D eigenvalue weighted by Gasteiger charge is 2.22. The lowest BCUT2D eigenvalue weighted by Crippen LogP contribution is -2.14. The van der Waals surface area contributed by atoms with Crippen molar-refractivity contribution in [3.05, 3.63) is 87.5 Å². The van der Waals surface area contributed by atoms with Crippen LogP contribution in [0.3, 0.4) is 0 Å². The number of hydrogen-bond acceptors (Lipinski definition) is 7. The predicted octanol–water partition coefficient (Wildman–Crippen LogP) is 4.86. The summed E-state index contributed by atoms with van der Waals surface area (Å²) in [5.41, 5.74) is 5.84. The van der Waals surface area contributed by atoms with Crippen molar-refractivity contribution < 1.29 is 18.1 Å². The molecule has 0 bridgehead atoms. The molecule has 0 unspecified atom stereocenters. The molecule has 0 saturated heterocycles. The van der Waals surface area contributed by atoms with E-state index in [-0.39, 0.29) is 10.6 Å². The SMILES string of the molecule is COc1ccc(C(C)=NNc2ccc(S(=O)(=O)Nc3ccc(C)cc3C)cc2[N+](=O)[O-])cc1. The molecule has 0 saturated carbocycles. The number of hydrogen-bond donors (Lipinski definition) is 2. The van der Waals surface area contributed by atoms with Crippen molar-refractivity contribution in [3.63, 3.8) is 0 Å². The number of methoxy groups -OCH3 is 1. The number of nitrogens with one attached hydrogen (secondary N) is 2. The van der Waals surface area contributed by atoms with Gasteiger partial charge >= 0.3 is 0 Å². The Bertz CT molecular complexity index is 1320. The molecule has 3 rings (SSSR count). The Balaban J connectivity index is 1.87. The average molecular weight is 469 g/mol. The first-order valence-corrected chi connectivity index (χ1v) is 11.4. The highest BCUT2D eigenvalue weighted by Crippen LogP contribution is 2.29. The first kappa shape index (κ1) is 23.7.